The molecule has 96 valence electrons. The fourth-order valence-electron chi connectivity index (χ4n) is 2.69. The summed E-state index contributed by atoms with van der Waals surface area (Å²) in [5, 5.41) is 4.48. The van der Waals surface area contributed by atoms with Gasteiger partial charge in [0, 0.05) is 24.5 Å². The second kappa shape index (κ2) is 5.31. The van der Waals surface area contributed by atoms with Crippen LogP contribution in [-0.4, -0.2) is 21.4 Å². The maximum absolute atomic E-state index is 5.98. The monoisotopic (exact) mass is 254 g/mol. The van der Waals surface area contributed by atoms with Crippen LogP contribution < -0.4 is 11.1 Å². The zero-order chi connectivity index (χ0) is 12.3. The van der Waals surface area contributed by atoms with Crippen LogP contribution in [0.3, 0.4) is 0 Å². The van der Waals surface area contributed by atoms with E-state index in [1.807, 2.05) is 0 Å². The molecule has 0 aromatic carbocycles. The molecular formula is C12H22N4S. The fourth-order valence-corrected chi connectivity index (χ4v) is 3.46. The minimum atomic E-state index is 0.0439. The van der Waals surface area contributed by atoms with Crippen molar-refractivity contribution in [2.75, 3.05) is 11.9 Å². The van der Waals surface area contributed by atoms with Gasteiger partial charge in [0.15, 0.2) is 0 Å². The number of hydrogen-bond acceptors (Lipinski definition) is 5. The molecule has 4 nitrogen and oxygen atoms in total. The van der Waals surface area contributed by atoms with Gasteiger partial charge in [-0.1, -0.05) is 26.7 Å². The van der Waals surface area contributed by atoms with Crippen LogP contribution in [0.1, 0.15) is 45.4 Å². The first-order chi connectivity index (χ1) is 8.17. The number of aromatic nitrogens is 2. The summed E-state index contributed by atoms with van der Waals surface area (Å²) in [4.78, 5) is 4.48. The van der Waals surface area contributed by atoms with Gasteiger partial charge >= 0.3 is 0 Å². The van der Waals surface area contributed by atoms with Crippen molar-refractivity contribution in [3.05, 3.63) is 5.82 Å². The maximum atomic E-state index is 5.98. The summed E-state index contributed by atoms with van der Waals surface area (Å²) in [6.45, 7) is 5.06. The van der Waals surface area contributed by atoms with Gasteiger partial charge in [-0.05, 0) is 18.8 Å². The molecule has 0 bridgehead atoms. The van der Waals surface area contributed by atoms with Gasteiger partial charge in [0.2, 0.25) is 5.13 Å². The Hall–Kier alpha value is -0.680. The predicted octanol–water partition coefficient (Wildman–Crippen LogP) is 2.42. The van der Waals surface area contributed by atoms with Gasteiger partial charge in [-0.3, -0.25) is 0 Å². The van der Waals surface area contributed by atoms with Crippen LogP contribution in [0.25, 0.3) is 0 Å². The average Bonchev–Trinajstić information content (AvgIpc) is 2.76. The molecule has 1 saturated carbocycles. The smallest absolute Gasteiger partial charge is 0.203 e. The van der Waals surface area contributed by atoms with Gasteiger partial charge in [-0.25, -0.2) is 4.98 Å². The van der Waals surface area contributed by atoms with Crippen molar-refractivity contribution in [1.82, 2.24) is 9.36 Å². The van der Waals surface area contributed by atoms with Crippen molar-refractivity contribution in [1.29, 1.82) is 0 Å². The number of hydrogen-bond donors (Lipinski definition) is 2. The van der Waals surface area contributed by atoms with Crippen LogP contribution in [0.4, 0.5) is 5.13 Å². The van der Waals surface area contributed by atoms with E-state index in [2.05, 4.69) is 28.5 Å². The van der Waals surface area contributed by atoms with E-state index in [-0.39, 0.29) is 5.54 Å². The Morgan fingerprint density at radius 1 is 1.59 bits per heavy atom. The second-order valence-corrected chi connectivity index (χ2v) is 5.93. The summed E-state index contributed by atoms with van der Waals surface area (Å²) in [6, 6.07) is 0. The third-order valence-electron chi connectivity index (χ3n) is 3.64. The second-order valence-electron chi connectivity index (χ2n) is 5.18. The molecule has 0 aliphatic heterocycles. The van der Waals surface area contributed by atoms with E-state index in [9.17, 15) is 0 Å². The summed E-state index contributed by atoms with van der Waals surface area (Å²) < 4.78 is 4.31. The Bertz CT molecular complexity index is 365. The number of rotatable bonds is 4. The summed E-state index contributed by atoms with van der Waals surface area (Å²) in [5.41, 5.74) is 6.03. The van der Waals surface area contributed by atoms with E-state index in [1.54, 1.807) is 0 Å². The van der Waals surface area contributed by atoms with Gasteiger partial charge < -0.3 is 11.1 Å². The molecule has 2 rings (SSSR count). The Morgan fingerprint density at radius 2 is 2.41 bits per heavy atom. The van der Waals surface area contributed by atoms with Crippen molar-refractivity contribution in [2.45, 2.75) is 51.5 Å². The SMILES string of the molecule is CCc1nsc(NC2(CN)CCCC(C)C2)n1. The van der Waals surface area contributed by atoms with Gasteiger partial charge in [-0.2, -0.15) is 4.37 Å². The molecule has 1 fully saturated rings. The van der Waals surface area contributed by atoms with Crippen LogP contribution in [-0.2, 0) is 6.42 Å². The molecule has 0 radical (unpaired) electrons. The molecule has 0 spiro atoms. The number of nitrogens with two attached hydrogens (primary N) is 1. The zero-order valence-electron chi connectivity index (χ0n) is 10.7. The summed E-state index contributed by atoms with van der Waals surface area (Å²) in [7, 11) is 0. The molecule has 1 aliphatic rings. The van der Waals surface area contributed by atoms with Crippen LogP contribution in [0.5, 0.6) is 0 Å². The van der Waals surface area contributed by atoms with Gasteiger partial charge in [0.05, 0.1) is 5.54 Å². The predicted molar refractivity (Wildman–Crippen MR) is 72.3 cm³/mol. The molecule has 3 N–H and O–H groups in total. The number of nitrogens with one attached hydrogen (secondary N) is 1. The van der Waals surface area contributed by atoms with E-state index in [4.69, 9.17) is 5.73 Å². The molecule has 1 aliphatic carbocycles. The quantitative estimate of drug-likeness (QED) is 0.866. The molecule has 5 heteroatoms. The first kappa shape index (κ1) is 12.8. The maximum Gasteiger partial charge on any atom is 0.203 e. The topological polar surface area (TPSA) is 63.8 Å². The highest BCUT2D eigenvalue weighted by Crippen LogP contribution is 2.34. The lowest BCUT2D eigenvalue weighted by Crippen LogP contribution is -2.48. The van der Waals surface area contributed by atoms with E-state index < -0.39 is 0 Å². The molecule has 1 heterocycles. The fraction of sp³-hybridized carbons (Fsp3) is 0.833. The number of aryl methyl sites for hydroxylation is 1. The first-order valence-corrected chi connectivity index (χ1v) is 7.25. The third kappa shape index (κ3) is 2.96. The molecule has 0 saturated heterocycles. The minimum Gasteiger partial charge on any atom is -0.354 e. The highest BCUT2D eigenvalue weighted by atomic mass is 32.1. The normalized spacial score (nSPS) is 29.2. The summed E-state index contributed by atoms with van der Waals surface area (Å²) in [5.74, 6) is 1.67. The molecule has 2 atom stereocenters. The lowest BCUT2D eigenvalue weighted by molar-refractivity contribution is 0.264. The van der Waals surface area contributed by atoms with Crippen molar-refractivity contribution in [3.8, 4) is 0 Å². The van der Waals surface area contributed by atoms with Crippen molar-refractivity contribution in [2.24, 2.45) is 11.7 Å². The van der Waals surface area contributed by atoms with Crippen LogP contribution in [0.2, 0.25) is 0 Å². The number of anilines is 1. The van der Waals surface area contributed by atoms with Crippen LogP contribution >= 0.6 is 11.5 Å². The lowest BCUT2D eigenvalue weighted by atomic mass is 9.76. The zero-order valence-corrected chi connectivity index (χ0v) is 11.5. The Balaban J connectivity index is 2.07. The minimum absolute atomic E-state index is 0.0439. The largest absolute Gasteiger partial charge is 0.354 e. The van der Waals surface area contributed by atoms with Crippen molar-refractivity contribution < 1.29 is 0 Å². The summed E-state index contributed by atoms with van der Waals surface area (Å²) in [6.07, 6.45) is 5.76. The van der Waals surface area contributed by atoms with E-state index in [0.717, 1.165) is 36.1 Å². The molecule has 1 aromatic heterocycles. The highest BCUT2D eigenvalue weighted by Gasteiger charge is 2.34. The van der Waals surface area contributed by atoms with Crippen LogP contribution in [0, 0.1) is 5.92 Å². The molecule has 17 heavy (non-hydrogen) atoms. The summed E-state index contributed by atoms with van der Waals surface area (Å²) >= 11 is 1.46. The van der Waals surface area contributed by atoms with Gasteiger partial charge in [0.1, 0.15) is 5.82 Å². The van der Waals surface area contributed by atoms with E-state index >= 15 is 0 Å². The Kier molecular flexibility index (Phi) is 3.99. The lowest BCUT2D eigenvalue weighted by Gasteiger charge is -2.39. The molecular weight excluding hydrogens is 232 g/mol. The van der Waals surface area contributed by atoms with Crippen molar-refractivity contribution >= 4 is 16.7 Å². The molecule has 2 unspecified atom stereocenters. The molecule has 0 amide bonds. The Labute approximate surface area is 107 Å². The Morgan fingerprint density at radius 3 is 3.00 bits per heavy atom. The third-order valence-corrected chi connectivity index (χ3v) is 4.31. The van der Waals surface area contributed by atoms with E-state index in [1.165, 1.54) is 24.4 Å². The highest BCUT2D eigenvalue weighted by molar-refractivity contribution is 7.09. The van der Waals surface area contributed by atoms with Crippen molar-refractivity contribution in [3.63, 3.8) is 0 Å². The number of nitrogens with zero attached hydrogens (tertiary/aromatic N) is 2. The molecule has 1 aromatic rings. The van der Waals surface area contributed by atoms with E-state index in [0.29, 0.717) is 6.54 Å². The first-order valence-electron chi connectivity index (χ1n) is 6.48. The standard InChI is InChI=1S/C12H22N4S/c1-3-10-14-11(17-16-10)15-12(8-13)6-4-5-9(2)7-12/h9H,3-8,13H2,1-2H3,(H,14,15,16). The average molecular weight is 254 g/mol. The van der Waals surface area contributed by atoms with Crippen LogP contribution in [0.15, 0.2) is 0 Å². The van der Waals surface area contributed by atoms with Gasteiger partial charge in [-0.15, -0.1) is 0 Å². The van der Waals surface area contributed by atoms with Gasteiger partial charge in [0.25, 0.3) is 0 Å².